The highest BCUT2D eigenvalue weighted by Crippen LogP contribution is 2.42. The van der Waals surface area contributed by atoms with Crippen molar-refractivity contribution in [3.8, 4) is 11.3 Å². The van der Waals surface area contributed by atoms with Gasteiger partial charge in [0.2, 0.25) is 0 Å². The third kappa shape index (κ3) is 5.47. The average molecular weight is 548 g/mol. The summed E-state index contributed by atoms with van der Waals surface area (Å²) in [6.07, 6.45) is -1.88. The van der Waals surface area contributed by atoms with E-state index in [0.717, 1.165) is 33.1 Å². The minimum Gasteiger partial charge on any atom is -0.376 e. The highest BCUT2D eigenvalue weighted by atomic mass is 32.2. The molecule has 0 unspecified atom stereocenters. The number of pyridine rings is 2. The molecule has 0 amide bonds. The molecule has 3 aromatic heterocycles. The van der Waals surface area contributed by atoms with Crippen LogP contribution in [0.2, 0.25) is 0 Å². The van der Waals surface area contributed by atoms with E-state index in [0.29, 0.717) is 11.3 Å². The van der Waals surface area contributed by atoms with Crippen LogP contribution in [0.4, 0.5) is 13.2 Å². The van der Waals surface area contributed by atoms with Gasteiger partial charge in [-0.1, -0.05) is 24.3 Å². The quantitative estimate of drug-likeness (QED) is 0.286. The van der Waals surface area contributed by atoms with Gasteiger partial charge in [-0.15, -0.1) is 11.3 Å². The van der Waals surface area contributed by atoms with Crippen molar-refractivity contribution in [2.45, 2.75) is 57.2 Å². The average Bonchev–Trinajstić information content (AvgIpc) is 3.26. The third-order valence-electron chi connectivity index (χ3n) is 6.10. The summed E-state index contributed by atoms with van der Waals surface area (Å²) in [7, 11) is -1.39. The first kappa shape index (κ1) is 27.4. The van der Waals surface area contributed by atoms with E-state index in [1.54, 1.807) is 12.3 Å². The molecule has 5 nitrogen and oxygen atoms in total. The number of alkyl halides is 3. The molecule has 4 rings (SSSR count). The van der Waals surface area contributed by atoms with E-state index in [4.69, 9.17) is 0 Å². The molecule has 0 saturated heterocycles. The Hall–Kier alpha value is -2.66. The summed E-state index contributed by atoms with van der Waals surface area (Å²) in [4.78, 5) is 9.74. The number of nitrogens with zero attached hydrogens (tertiary/aromatic N) is 2. The molecule has 4 aromatic rings. The standard InChI is InChI=1S/C27H28F3N3O2S2/c1-16-8-7-12-32-22(16)23(33-37(35)25(2,3)4)21-14-17-9-6-10-19(24(17)36-21)20-15-18(11-13-31-20)26(5,34)27(28,29)30/h6-15,23,33-34H,1-5H3/t23-,26+,37-/m0/s1. The summed E-state index contributed by atoms with van der Waals surface area (Å²) < 4.78 is 57.1. The van der Waals surface area contributed by atoms with Crippen molar-refractivity contribution in [3.05, 3.63) is 82.6 Å². The van der Waals surface area contributed by atoms with Gasteiger partial charge in [0.25, 0.3) is 0 Å². The molecule has 37 heavy (non-hydrogen) atoms. The molecule has 3 atom stereocenters. The monoisotopic (exact) mass is 547 g/mol. The van der Waals surface area contributed by atoms with Crippen LogP contribution in [0.1, 0.15) is 55.4 Å². The van der Waals surface area contributed by atoms with Crippen LogP contribution >= 0.6 is 11.3 Å². The molecule has 0 aliphatic heterocycles. The third-order valence-corrected chi connectivity index (χ3v) is 8.91. The number of aromatic nitrogens is 2. The van der Waals surface area contributed by atoms with Gasteiger partial charge in [0.15, 0.2) is 5.60 Å². The number of benzene rings is 1. The number of aliphatic hydroxyl groups is 1. The van der Waals surface area contributed by atoms with Crippen LogP contribution in [-0.2, 0) is 16.6 Å². The number of thiophene rings is 1. The predicted octanol–water partition coefficient (Wildman–Crippen LogP) is 6.58. The molecule has 0 aliphatic rings. The summed E-state index contributed by atoms with van der Waals surface area (Å²) >= 11 is 1.44. The number of halogens is 3. The van der Waals surface area contributed by atoms with Gasteiger partial charge < -0.3 is 5.11 Å². The molecule has 3 heterocycles. The molecular weight excluding hydrogens is 519 g/mol. The Morgan fingerprint density at radius 1 is 1.00 bits per heavy atom. The Labute approximate surface area is 220 Å². The van der Waals surface area contributed by atoms with Crippen molar-refractivity contribution >= 4 is 32.4 Å². The van der Waals surface area contributed by atoms with Crippen LogP contribution in [0.25, 0.3) is 21.3 Å². The fourth-order valence-corrected chi connectivity index (χ4v) is 5.92. The predicted molar refractivity (Wildman–Crippen MR) is 143 cm³/mol. The first-order valence-corrected chi connectivity index (χ1v) is 13.5. The van der Waals surface area contributed by atoms with Crippen molar-refractivity contribution in [1.29, 1.82) is 0 Å². The molecule has 196 valence electrons. The molecule has 2 N–H and O–H groups in total. The minimum absolute atomic E-state index is 0.289. The van der Waals surface area contributed by atoms with E-state index < -0.39 is 33.6 Å². The summed E-state index contributed by atoms with van der Waals surface area (Å²) in [6.45, 7) is 8.33. The lowest BCUT2D eigenvalue weighted by Gasteiger charge is -2.26. The lowest BCUT2D eigenvalue weighted by Crippen LogP contribution is -2.39. The van der Waals surface area contributed by atoms with Crippen LogP contribution in [0.15, 0.2) is 60.9 Å². The van der Waals surface area contributed by atoms with E-state index in [-0.39, 0.29) is 5.56 Å². The minimum atomic E-state index is -4.84. The Balaban J connectivity index is 1.84. The highest BCUT2D eigenvalue weighted by Gasteiger charge is 2.51. The molecule has 0 spiro atoms. The van der Waals surface area contributed by atoms with Crippen LogP contribution < -0.4 is 4.72 Å². The van der Waals surface area contributed by atoms with Gasteiger partial charge in [-0.25, -0.2) is 8.93 Å². The van der Waals surface area contributed by atoms with Gasteiger partial charge in [0, 0.05) is 27.5 Å². The molecule has 0 bridgehead atoms. The van der Waals surface area contributed by atoms with E-state index in [1.165, 1.54) is 29.7 Å². The lowest BCUT2D eigenvalue weighted by molar-refractivity contribution is -0.258. The smallest absolute Gasteiger partial charge is 0.376 e. The van der Waals surface area contributed by atoms with Gasteiger partial charge in [-0.2, -0.15) is 13.2 Å². The van der Waals surface area contributed by atoms with Gasteiger partial charge in [-0.05, 0) is 75.4 Å². The number of hydrogen-bond acceptors (Lipinski definition) is 5. The number of hydrogen-bond donors (Lipinski definition) is 2. The van der Waals surface area contributed by atoms with E-state index >= 15 is 0 Å². The van der Waals surface area contributed by atoms with Gasteiger partial charge in [0.05, 0.1) is 33.2 Å². The molecule has 0 saturated carbocycles. The van der Waals surface area contributed by atoms with Crippen molar-refractivity contribution < 1.29 is 22.5 Å². The Morgan fingerprint density at radius 2 is 1.73 bits per heavy atom. The highest BCUT2D eigenvalue weighted by molar-refractivity contribution is 7.84. The second-order valence-corrected chi connectivity index (χ2v) is 13.1. The fourth-order valence-electron chi connectivity index (χ4n) is 3.80. The van der Waals surface area contributed by atoms with Crippen LogP contribution in [0, 0.1) is 6.92 Å². The second kappa shape index (κ2) is 9.90. The first-order valence-electron chi connectivity index (χ1n) is 11.6. The van der Waals surface area contributed by atoms with E-state index in [2.05, 4.69) is 14.7 Å². The molecule has 0 aliphatic carbocycles. The maximum absolute atomic E-state index is 13.5. The number of rotatable bonds is 6. The van der Waals surface area contributed by atoms with Crippen LogP contribution in [0.3, 0.4) is 0 Å². The lowest BCUT2D eigenvalue weighted by atomic mass is 9.94. The largest absolute Gasteiger partial charge is 0.421 e. The maximum Gasteiger partial charge on any atom is 0.421 e. The first-order chi connectivity index (χ1) is 17.2. The van der Waals surface area contributed by atoms with Crippen molar-refractivity contribution in [2.24, 2.45) is 0 Å². The summed E-state index contributed by atoms with van der Waals surface area (Å²) in [5, 5.41) is 11.1. The normalized spacial score (nSPS) is 15.9. The number of fused-ring (bicyclic) bond motifs is 1. The van der Waals surface area contributed by atoms with Crippen LogP contribution in [0.5, 0.6) is 0 Å². The van der Waals surface area contributed by atoms with Crippen molar-refractivity contribution in [2.75, 3.05) is 0 Å². The molecule has 10 heteroatoms. The topological polar surface area (TPSA) is 75.1 Å². The number of nitrogens with one attached hydrogen (secondary N) is 1. The summed E-state index contributed by atoms with van der Waals surface area (Å²) in [5.41, 5.74) is -0.661. The Morgan fingerprint density at radius 3 is 2.38 bits per heavy atom. The fraction of sp³-hybridized carbons (Fsp3) is 0.333. The van der Waals surface area contributed by atoms with Crippen LogP contribution in [-0.4, -0.2) is 30.2 Å². The van der Waals surface area contributed by atoms with Gasteiger partial charge in [0.1, 0.15) is 0 Å². The van der Waals surface area contributed by atoms with Gasteiger partial charge in [-0.3, -0.25) is 9.97 Å². The summed E-state index contributed by atoms with van der Waals surface area (Å²) in [6, 6.07) is 13.3. The maximum atomic E-state index is 13.5. The molecule has 0 radical (unpaired) electrons. The van der Waals surface area contributed by atoms with Gasteiger partial charge >= 0.3 is 6.18 Å². The molecular formula is C27H28F3N3O2S2. The molecule has 0 fully saturated rings. The Kier molecular flexibility index (Phi) is 7.33. The van der Waals surface area contributed by atoms with Crippen molar-refractivity contribution in [3.63, 3.8) is 0 Å². The Bertz CT molecular complexity index is 1460. The zero-order chi connectivity index (χ0) is 27.2. The summed E-state index contributed by atoms with van der Waals surface area (Å²) in [5.74, 6) is 0. The van der Waals surface area contributed by atoms with Crippen molar-refractivity contribution in [1.82, 2.24) is 14.7 Å². The second-order valence-electron chi connectivity index (χ2n) is 10.0. The zero-order valence-electron chi connectivity index (χ0n) is 21.1. The number of aryl methyl sites for hydroxylation is 1. The molecule has 1 aromatic carbocycles. The SMILES string of the molecule is Cc1cccnc1[C@@H](N[S@@](=O)C(C)(C)C)c1cc2cccc(-c3cc([C@@](C)(O)C(F)(F)F)ccn3)c2s1. The zero-order valence-corrected chi connectivity index (χ0v) is 22.7. The van der Waals surface area contributed by atoms with E-state index in [9.17, 15) is 22.5 Å². The van der Waals surface area contributed by atoms with E-state index in [1.807, 2.05) is 58.0 Å².